The molecule has 1 fully saturated rings. The summed E-state index contributed by atoms with van der Waals surface area (Å²) in [4.78, 5) is 0. The summed E-state index contributed by atoms with van der Waals surface area (Å²) >= 11 is 0. The highest BCUT2D eigenvalue weighted by molar-refractivity contribution is 5.69. The van der Waals surface area contributed by atoms with Crippen molar-refractivity contribution in [2.24, 2.45) is 0 Å². The van der Waals surface area contributed by atoms with E-state index in [2.05, 4.69) is 4.74 Å². The highest BCUT2D eigenvalue weighted by Gasteiger charge is 2.42. The van der Waals surface area contributed by atoms with Crippen LogP contribution in [0.1, 0.15) is 17.2 Å². The van der Waals surface area contributed by atoms with Crippen molar-refractivity contribution in [2.45, 2.75) is 30.7 Å². The minimum absolute atomic E-state index is 0.107. The van der Waals surface area contributed by atoms with E-state index in [0.29, 0.717) is 5.56 Å². The molecule has 7 N–H and O–H groups in total. The molecule has 2 aliphatic rings. The second-order valence-corrected chi connectivity index (χ2v) is 7.62. The molecule has 11 heteroatoms. The zero-order chi connectivity index (χ0) is 23.9. The first kappa shape index (κ1) is 22.8. The molecule has 1 unspecified atom stereocenters. The van der Waals surface area contributed by atoms with Crippen molar-refractivity contribution in [2.75, 3.05) is 20.8 Å². The Balaban J connectivity index is 1.78. The Morgan fingerprint density at radius 2 is 1.61 bits per heavy atom. The maximum absolute atomic E-state index is 10.3. The summed E-state index contributed by atoms with van der Waals surface area (Å²) in [6.07, 6.45) is -5.11. The van der Waals surface area contributed by atoms with E-state index in [0.717, 1.165) is 6.07 Å². The molecule has 0 radical (unpaired) electrons. The van der Waals surface area contributed by atoms with Crippen LogP contribution in [-0.2, 0) is 9.47 Å². The molecule has 1 saturated heterocycles. The molecular formula is C22H25O11+. The molecule has 0 aliphatic carbocycles. The summed E-state index contributed by atoms with van der Waals surface area (Å²) in [5.41, 5.74) is 0.703. The molecule has 33 heavy (non-hydrogen) atoms. The first-order valence-corrected chi connectivity index (χ1v) is 9.99. The molecule has 2 heterocycles. The Labute approximate surface area is 188 Å². The van der Waals surface area contributed by atoms with Gasteiger partial charge in [0.25, 0.3) is 11.9 Å². The van der Waals surface area contributed by atoms with Gasteiger partial charge in [0.2, 0.25) is 12.0 Å². The van der Waals surface area contributed by atoms with Gasteiger partial charge in [0.1, 0.15) is 35.4 Å². The van der Waals surface area contributed by atoms with Crippen LogP contribution in [0.5, 0.6) is 34.5 Å². The highest BCUT2D eigenvalue weighted by Crippen LogP contribution is 2.47. The second-order valence-electron chi connectivity index (χ2n) is 7.62. The summed E-state index contributed by atoms with van der Waals surface area (Å²) < 4.78 is 26.2. The number of benzene rings is 2. The molecule has 5 atom stereocenters. The Morgan fingerprint density at radius 3 is 2.24 bits per heavy atom. The molecule has 2 aromatic carbocycles. The number of fused-ring (bicyclic) bond motifs is 1. The molecule has 2 aromatic rings. The molecule has 0 aromatic heterocycles. The van der Waals surface area contributed by atoms with E-state index in [-0.39, 0.29) is 52.4 Å². The van der Waals surface area contributed by atoms with Gasteiger partial charge in [-0.05, 0) is 12.1 Å². The van der Waals surface area contributed by atoms with Gasteiger partial charge >= 0.3 is 0 Å². The van der Waals surface area contributed by atoms with Gasteiger partial charge in [0.15, 0.2) is 17.3 Å². The first-order valence-electron chi connectivity index (χ1n) is 9.99. The van der Waals surface area contributed by atoms with E-state index in [1.54, 1.807) is 0 Å². The number of hydrogen-bond acceptors (Lipinski definition) is 10. The van der Waals surface area contributed by atoms with Gasteiger partial charge in [-0.3, -0.25) is 0 Å². The molecular weight excluding hydrogens is 440 g/mol. The third kappa shape index (κ3) is 4.18. The molecule has 2 aliphatic heterocycles. The Kier molecular flexibility index (Phi) is 6.13. The Bertz CT molecular complexity index is 1040. The van der Waals surface area contributed by atoms with Gasteiger partial charge in [-0.15, -0.1) is 0 Å². The summed E-state index contributed by atoms with van der Waals surface area (Å²) in [5.74, 6) is -0.0793. The SMILES string of the molecule is COc1cc(C2[OH+]c3cc(O)cc(O)c3C=C2O[C@@H]2OC[C@@H](O)[C@H](O)[C@H]2O)cc(OC)c1O. The molecule has 0 spiro atoms. The first-order chi connectivity index (χ1) is 15.7. The summed E-state index contributed by atoms with van der Waals surface area (Å²) in [6, 6.07) is 5.51. The Hall–Kier alpha value is -3.38. The number of phenols is 3. The van der Waals surface area contributed by atoms with Crippen molar-refractivity contribution in [3.63, 3.8) is 0 Å². The van der Waals surface area contributed by atoms with E-state index in [9.17, 15) is 30.6 Å². The topological polar surface area (TPSA) is 171 Å². The van der Waals surface area contributed by atoms with Crippen LogP contribution in [0.15, 0.2) is 30.0 Å². The van der Waals surface area contributed by atoms with Gasteiger partial charge < -0.3 is 54.3 Å². The van der Waals surface area contributed by atoms with Crippen LogP contribution in [0.25, 0.3) is 6.08 Å². The van der Waals surface area contributed by atoms with Crippen LogP contribution >= 0.6 is 0 Å². The van der Waals surface area contributed by atoms with Crippen LogP contribution in [0.2, 0.25) is 0 Å². The van der Waals surface area contributed by atoms with E-state index in [1.807, 2.05) is 0 Å². The zero-order valence-electron chi connectivity index (χ0n) is 17.7. The van der Waals surface area contributed by atoms with Gasteiger partial charge in [-0.1, -0.05) is 0 Å². The van der Waals surface area contributed by atoms with Crippen molar-refractivity contribution < 1.29 is 54.3 Å². The van der Waals surface area contributed by atoms with Gasteiger partial charge in [0, 0.05) is 12.1 Å². The maximum atomic E-state index is 10.3. The number of aromatic hydroxyl groups is 4. The number of hydrogen-bond donors (Lipinski definition) is 6. The lowest BCUT2D eigenvalue weighted by molar-refractivity contribution is -0.263. The van der Waals surface area contributed by atoms with Crippen molar-refractivity contribution >= 4 is 6.08 Å². The third-order valence-corrected chi connectivity index (χ3v) is 5.47. The molecule has 4 rings (SSSR count). The average Bonchev–Trinajstić information content (AvgIpc) is 2.79. The fraction of sp³-hybridized carbons (Fsp3) is 0.364. The van der Waals surface area contributed by atoms with Crippen molar-refractivity contribution in [1.82, 2.24) is 0 Å². The summed E-state index contributed by atoms with van der Waals surface area (Å²) in [7, 11) is 2.74. The number of ether oxygens (including phenoxy) is 5. The lowest BCUT2D eigenvalue weighted by atomic mass is 10.00. The number of aliphatic hydroxyl groups is 4. The van der Waals surface area contributed by atoms with E-state index < -0.39 is 30.7 Å². The Morgan fingerprint density at radius 1 is 0.939 bits per heavy atom. The molecule has 11 nitrogen and oxygen atoms in total. The van der Waals surface area contributed by atoms with Crippen LogP contribution in [0.3, 0.4) is 0 Å². The molecule has 0 saturated carbocycles. The zero-order valence-corrected chi connectivity index (χ0v) is 17.7. The average molecular weight is 465 g/mol. The number of phenolic OH excluding ortho intramolecular Hbond substituents is 3. The summed E-state index contributed by atoms with van der Waals surface area (Å²) in [5, 5.41) is 60.5. The standard InChI is InChI=1S/C22H24O11/c1-29-15-3-9(4-16(30-2)19(15)27)21-17(33-22-20(28)18(26)13(25)8-31-22)7-11-12(24)5-10(23)6-14(11)32-21/h3-7,13,18,20-28H,8H2,1-2H3/p+1/t13-,18+,20-,21?,22+/m1/s1. The van der Waals surface area contributed by atoms with E-state index >= 15 is 0 Å². The molecule has 0 bridgehead atoms. The number of aliphatic hydroxyl groups excluding tert-OH is 3. The lowest BCUT2D eigenvalue weighted by Crippen LogP contribution is -2.53. The van der Waals surface area contributed by atoms with Gasteiger partial charge in [0.05, 0.1) is 32.5 Å². The monoisotopic (exact) mass is 465 g/mol. The third-order valence-electron chi connectivity index (χ3n) is 5.47. The van der Waals surface area contributed by atoms with Crippen molar-refractivity contribution in [3.8, 4) is 34.5 Å². The van der Waals surface area contributed by atoms with Crippen molar-refractivity contribution in [3.05, 3.63) is 41.2 Å². The predicted octanol–water partition coefficient (Wildman–Crippen LogP) is 0.613. The van der Waals surface area contributed by atoms with E-state index in [4.69, 9.17) is 18.9 Å². The minimum Gasteiger partial charge on any atom is -0.571 e. The fourth-order valence-corrected chi connectivity index (χ4v) is 3.71. The maximum Gasteiger partial charge on any atom is 0.270 e. The van der Waals surface area contributed by atoms with Crippen LogP contribution in [-0.4, -0.2) is 80.8 Å². The normalized spacial score (nSPS) is 26.6. The van der Waals surface area contributed by atoms with Crippen LogP contribution in [0, 0.1) is 0 Å². The fourth-order valence-electron chi connectivity index (χ4n) is 3.71. The van der Waals surface area contributed by atoms with Crippen molar-refractivity contribution in [1.29, 1.82) is 0 Å². The predicted molar refractivity (Wildman–Crippen MR) is 112 cm³/mol. The number of methoxy groups -OCH3 is 2. The van der Waals surface area contributed by atoms with E-state index in [1.165, 1.54) is 38.5 Å². The van der Waals surface area contributed by atoms with Gasteiger partial charge in [-0.2, -0.15) is 0 Å². The second kappa shape index (κ2) is 8.87. The van der Waals surface area contributed by atoms with Crippen LogP contribution in [0.4, 0.5) is 0 Å². The quantitative estimate of drug-likeness (QED) is 0.344. The molecule has 178 valence electrons. The van der Waals surface area contributed by atoms with Gasteiger partial charge in [-0.25, -0.2) is 0 Å². The highest BCUT2D eigenvalue weighted by atomic mass is 16.7. The minimum atomic E-state index is -1.56. The summed E-state index contributed by atoms with van der Waals surface area (Å²) in [6.45, 7) is -0.269. The largest absolute Gasteiger partial charge is 0.571 e. The smallest absolute Gasteiger partial charge is 0.270 e. The number of rotatable bonds is 5. The molecule has 0 amide bonds. The van der Waals surface area contributed by atoms with Crippen LogP contribution < -0.4 is 9.47 Å². The lowest BCUT2D eigenvalue weighted by Gasteiger charge is -2.36.